The molecule has 0 amide bonds. The van der Waals surface area contributed by atoms with E-state index in [9.17, 15) is 5.11 Å². The third kappa shape index (κ3) is 3.07. The first-order valence-electron chi connectivity index (χ1n) is 6.41. The summed E-state index contributed by atoms with van der Waals surface area (Å²) in [6, 6.07) is 3.53. The van der Waals surface area contributed by atoms with Gasteiger partial charge in [0.25, 0.3) is 0 Å². The highest BCUT2D eigenvalue weighted by Crippen LogP contribution is 2.42. The molecule has 19 heavy (non-hydrogen) atoms. The number of ether oxygens (including phenoxy) is 2. The smallest absolute Gasteiger partial charge is 0.138 e. The molecule has 1 aromatic rings. The molecule has 3 unspecified atom stereocenters. The molecule has 1 heterocycles. The molecule has 0 spiro atoms. The molecule has 1 aliphatic rings. The lowest BCUT2D eigenvalue weighted by molar-refractivity contribution is 0.0297. The van der Waals surface area contributed by atoms with Crippen LogP contribution in [0.2, 0.25) is 5.02 Å². The fraction of sp³-hybridized carbons (Fsp3) is 0.571. The fourth-order valence-electron chi connectivity index (χ4n) is 2.69. The van der Waals surface area contributed by atoms with E-state index >= 15 is 0 Å². The van der Waals surface area contributed by atoms with Gasteiger partial charge >= 0.3 is 0 Å². The van der Waals surface area contributed by atoms with Crippen molar-refractivity contribution < 1.29 is 14.6 Å². The zero-order valence-corrected chi connectivity index (χ0v) is 13.4. The molecule has 1 N–H and O–H groups in total. The number of aliphatic hydroxyl groups is 1. The van der Waals surface area contributed by atoms with Gasteiger partial charge in [0.2, 0.25) is 0 Å². The van der Waals surface area contributed by atoms with Gasteiger partial charge in [0.05, 0.1) is 23.8 Å². The first kappa shape index (κ1) is 15.1. The average Bonchev–Trinajstić information content (AvgIpc) is 2.85. The summed E-state index contributed by atoms with van der Waals surface area (Å²) < 4.78 is 11.8. The summed E-state index contributed by atoms with van der Waals surface area (Å²) in [6.45, 7) is 2.77. The van der Waals surface area contributed by atoms with Crippen LogP contribution in [0, 0.1) is 5.92 Å². The minimum Gasteiger partial charge on any atom is -0.495 e. The van der Waals surface area contributed by atoms with Crippen LogP contribution < -0.4 is 4.74 Å². The zero-order chi connectivity index (χ0) is 14.0. The summed E-state index contributed by atoms with van der Waals surface area (Å²) in [7, 11) is 1.59. The second-order valence-corrected chi connectivity index (χ2v) is 6.02. The number of hydrogen-bond donors (Lipinski definition) is 1. The quantitative estimate of drug-likeness (QED) is 0.894. The lowest BCUT2D eigenvalue weighted by Crippen LogP contribution is -2.22. The van der Waals surface area contributed by atoms with E-state index in [0.29, 0.717) is 17.4 Å². The Labute approximate surface area is 127 Å². The minimum atomic E-state index is -0.627. The maximum atomic E-state index is 10.6. The Kier molecular flexibility index (Phi) is 5.12. The molecule has 5 heteroatoms. The molecule has 2 rings (SSSR count). The van der Waals surface area contributed by atoms with Crippen molar-refractivity contribution in [1.82, 2.24) is 0 Å². The van der Waals surface area contributed by atoms with Crippen molar-refractivity contribution in [2.75, 3.05) is 13.7 Å². The van der Waals surface area contributed by atoms with Crippen molar-refractivity contribution in [2.45, 2.75) is 32.0 Å². The molecule has 106 valence electrons. The van der Waals surface area contributed by atoms with Gasteiger partial charge in [-0.2, -0.15) is 0 Å². The Morgan fingerprint density at radius 2 is 2.32 bits per heavy atom. The Bertz CT molecular complexity index is 453. The number of benzene rings is 1. The largest absolute Gasteiger partial charge is 0.495 e. The number of halogens is 2. The molecule has 3 atom stereocenters. The lowest BCUT2D eigenvalue weighted by atomic mass is 9.88. The van der Waals surface area contributed by atoms with Gasteiger partial charge in [0.15, 0.2) is 0 Å². The van der Waals surface area contributed by atoms with E-state index in [1.54, 1.807) is 19.2 Å². The van der Waals surface area contributed by atoms with E-state index in [4.69, 9.17) is 21.1 Å². The highest BCUT2D eigenvalue weighted by molar-refractivity contribution is 9.10. The van der Waals surface area contributed by atoms with Gasteiger partial charge in [-0.15, -0.1) is 0 Å². The topological polar surface area (TPSA) is 38.7 Å². The van der Waals surface area contributed by atoms with Crippen LogP contribution in [0.15, 0.2) is 16.6 Å². The van der Waals surface area contributed by atoms with Gasteiger partial charge in [-0.05, 0) is 40.9 Å². The SMILES string of the molecule is CCC1OCCC1C(O)c1cc(Cl)cc(Br)c1OC. The molecule has 0 bridgehead atoms. The van der Waals surface area contributed by atoms with Crippen LogP contribution in [0.3, 0.4) is 0 Å². The van der Waals surface area contributed by atoms with Gasteiger partial charge < -0.3 is 14.6 Å². The summed E-state index contributed by atoms with van der Waals surface area (Å²) in [4.78, 5) is 0. The molecular formula is C14H18BrClO3. The molecule has 1 aromatic carbocycles. The van der Waals surface area contributed by atoms with Crippen molar-refractivity contribution in [2.24, 2.45) is 5.92 Å². The van der Waals surface area contributed by atoms with Gasteiger partial charge in [-0.3, -0.25) is 0 Å². The van der Waals surface area contributed by atoms with E-state index in [2.05, 4.69) is 22.9 Å². The first-order valence-corrected chi connectivity index (χ1v) is 7.58. The molecule has 0 aromatic heterocycles. The van der Waals surface area contributed by atoms with E-state index < -0.39 is 6.10 Å². The molecular weight excluding hydrogens is 332 g/mol. The van der Waals surface area contributed by atoms with Gasteiger partial charge in [0, 0.05) is 23.1 Å². The van der Waals surface area contributed by atoms with Crippen molar-refractivity contribution in [3.63, 3.8) is 0 Å². The molecule has 0 saturated carbocycles. The molecule has 1 aliphatic heterocycles. The van der Waals surface area contributed by atoms with E-state index in [1.165, 1.54) is 0 Å². The van der Waals surface area contributed by atoms with Crippen LogP contribution >= 0.6 is 27.5 Å². The van der Waals surface area contributed by atoms with Crippen LogP contribution in [0.1, 0.15) is 31.4 Å². The second kappa shape index (κ2) is 6.44. The fourth-order valence-corrected chi connectivity index (χ4v) is 3.69. The standard InChI is InChI=1S/C14H18BrClO3/c1-3-12-9(4-5-19-12)13(17)10-6-8(16)7-11(15)14(10)18-2/h6-7,9,12-13,17H,3-5H2,1-2H3. The number of hydrogen-bond acceptors (Lipinski definition) is 3. The van der Waals surface area contributed by atoms with Crippen LogP contribution in [-0.2, 0) is 4.74 Å². The molecule has 0 aliphatic carbocycles. The highest BCUT2D eigenvalue weighted by Gasteiger charge is 2.35. The predicted octanol–water partition coefficient (Wildman–Crippen LogP) is 3.96. The Balaban J connectivity index is 2.35. The van der Waals surface area contributed by atoms with Crippen LogP contribution in [-0.4, -0.2) is 24.9 Å². The third-order valence-corrected chi connectivity index (χ3v) is 4.44. The number of methoxy groups -OCH3 is 1. The van der Waals surface area contributed by atoms with Gasteiger partial charge in [-0.1, -0.05) is 18.5 Å². The highest BCUT2D eigenvalue weighted by atomic mass is 79.9. The van der Waals surface area contributed by atoms with Crippen molar-refractivity contribution in [1.29, 1.82) is 0 Å². The number of aliphatic hydroxyl groups excluding tert-OH is 1. The summed E-state index contributed by atoms with van der Waals surface area (Å²) >= 11 is 9.49. The van der Waals surface area contributed by atoms with Crippen molar-refractivity contribution in [3.05, 3.63) is 27.2 Å². The maximum Gasteiger partial charge on any atom is 0.138 e. The van der Waals surface area contributed by atoms with E-state index in [1.807, 2.05) is 0 Å². The average molecular weight is 350 g/mol. The lowest BCUT2D eigenvalue weighted by Gasteiger charge is -2.25. The normalized spacial score (nSPS) is 24.5. The monoisotopic (exact) mass is 348 g/mol. The predicted molar refractivity (Wildman–Crippen MR) is 78.8 cm³/mol. The van der Waals surface area contributed by atoms with Crippen LogP contribution in [0.25, 0.3) is 0 Å². The van der Waals surface area contributed by atoms with E-state index in [-0.39, 0.29) is 12.0 Å². The number of rotatable bonds is 4. The Morgan fingerprint density at radius 3 is 2.95 bits per heavy atom. The molecule has 1 fully saturated rings. The van der Waals surface area contributed by atoms with Gasteiger partial charge in [-0.25, -0.2) is 0 Å². The Hall–Kier alpha value is -0.290. The Morgan fingerprint density at radius 1 is 1.58 bits per heavy atom. The van der Waals surface area contributed by atoms with Crippen LogP contribution in [0.5, 0.6) is 5.75 Å². The van der Waals surface area contributed by atoms with Crippen molar-refractivity contribution in [3.8, 4) is 5.75 Å². The minimum absolute atomic E-state index is 0.0873. The van der Waals surface area contributed by atoms with Crippen molar-refractivity contribution >= 4 is 27.5 Å². The van der Waals surface area contributed by atoms with Crippen LogP contribution in [0.4, 0.5) is 0 Å². The second-order valence-electron chi connectivity index (χ2n) is 4.72. The summed E-state index contributed by atoms with van der Waals surface area (Å²) in [5, 5.41) is 11.2. The summed E-state index contributed by atoms with van der Waals surface area (Å²) in [5.41, 5.74) is 0.718. The maximum absolute atomic E-state index is 10.6. The zero-order valence-electron chi connectivity index (χ0n) is 11.0. The first-order chi connectivity index (χ1) is 9.08. The molecule has 0 radical (unpaired) electrons. The van der Waals surface area contributed by atoms with E-state index in [0.717, 1.165) is 22.9 Å². The molecule has 1 saturated heterocycles. The summed E-state index contributed by atoms with van der Waals surface area (Å²) in [5.74, 6) is 0.725. The molecule has 3 nitrogen and oxygen atoms in total. The third-order valence-electron chi connectivity index (χ3n) is 3.63. The summed E-state index contributed by atoms with van der Waals surface area (Å²) in [6.07, 6.45) is 1.22. The van der Waals surface area contributed by atoms with Gasteiger partial charge in [0.1, 0.15) is 5.75 Å².